The second-order valence-corrected chi connectivity index (χ2v) is 20.9. The molecule has 0 rings (SSSR count). The molecule has 0 bridgehead atoms. The highest BCUT2D eigenvalue weighted by molar-refractivity contribution is 5.70. The predicted molar refractivity (Wildman–Crippen MR) is 316 cm³/mol. The monoisotopic (exact) mass is 1000 g/mol. The topological polar surface area (TPSA) is 61.8 Å². The Kier molecular flexibility index (Phi) is 60.3. The highest BCUT2D eigenvalue weighted by Gasteiger charge is 2.17. The summed E-state index contributed by atoms with van der Waals surface area (Å²) < 4.78 is 17.5. The number of ether oxygens (including phenoxy) is 3. The van der Waals surface area contributed by atoms with Gasteiger partial charge in [0.25, 0.3) is 0 Å². The van der Waals surface area contributed by atoms with Gasteiger partial charge in [0.15, 0.2) is 6.10 Å². The molecule has 0 spiro atoms. The van der Waals surface area contributed by atoms with Gasteiger partial charge in [0.05, 0.1) is 6.61 Å². The highest BCUT2D eigenvalue weighted by Crippen LogP contribution is 2.17. The Morgan fingerprint density at radius 1 is 0.319 bits per heavy atom. The van der Waals surface area contributed by atoms with Crippen molar-refractivity contribution in [3.63, 3.8) is 0 Å². The molecule has 0 amide bonds. The molecule has 5 nitrogen and oxygen atoms in total. The first kappa shape index (κ1) is 69.3. The van der Waals surface area contributed by atoms with Crippen LogP contribution in [0.15, 0.2) is 72.9 Å². The van der Waals surface area contributed by atoms with Crippen molar-refractivity contribution < 1.29 is 23.8 Å². The van der Waals surface area contributed by atoms with E-state index in [0.29, 0.717) is 19.4 Å². The van der Waals surface area contributed by atoms with Crippen molar-refractivity contribution in [1.29, 1.82) is 0 Å². The van der Waals surface area contributed by atoms with Crippen LogP contribution in [0.5, 0.6) is 0 Å². The molecule has 0 aliphatic heterocycles. The van der Waals surface area contributed by atoms with Gasteiger partial charge < -0.3 is 14.2 Å². The van der Waals surface area contributed by atoms with Crippen molar-refractivity contribution in [2.75, 3.05) is 19.8 Å². The molecule has 0 aliphatic rings. The Morgan fingerprint density at radius 3 is 1.03 bits per heavy atom. The molecular weight excluding hydrogens is 885 g/mol. The summed E-state index contributed by atoms with van der Waals surface area (Å²) in [7, 11) is 0. The molecule has 0 aromatic heterocycles. The molecule has 0 N–H and O–H groups in total. The lowest BCUT2D eigenvalue weighted by Crippen LogP contribution is -2.30. The Balaban J connectivity index is 4.28. The van der Waals surface area contributed by atoms with E-state index in [0.717, 1.165) is 70.6 Å². The quantitative estimate of drug-likeness (QED) is 0.0345. The fourth-order valence-electron chi connectivity index (χ4n) is 9.06. The molecule has 0 saturated carbocycles. The van der Waals surface area contributed by atoms with Crippen LogP contribution in [0, 0.1) is 0 Å². The smallest absolute Gasteiger partial charge is 0.306 e. The number of rotatable bonds is 58. The van der Waals surface area contributed by atoms with Gasteiger partial charge in [-0.25, -0.2) is 0 Å². The molecule has 418 valence electrons. The largest absolute Gasteiger partial charge is 0.462 e. The van der Waals surface area contributed by atoms with Crippen molar-refractivity contribution in [3.8, 4) is 0 Å². The van der Waals surface area contributed by atoms with Crippen LogP contribution in [0.3, 0.4) is 0 Å². The van der Waals surface area contributed by atoms with Gasteiger partial charge in [-0.3, -0.25) is 9.59 Å². The molecule has 5 heteroatoms. The number of carbonyl (C=O) groups excluding carboxylic acids is 2. The van der Waals surface area contributed by atoms with Crippen LogP contribution in [0.1, 0.15) is 316 Å². The second kappa shape index (κ2) is 62.6. The van der Waals surface area contributed by atoms with Gasteiger partial charge in [0, 0.05) is 19.4 Å². The van der Waals surface area contributed by atoms with Gasteiger partial charge in [-0.1, -0.05) is 286 Å². The average molecular weight is 1010 g/mol. The number of hydrogen-bond acceptors (Lipinski definition) is 5. The van der Waals surface area contributed by atoms with Crippen molar-refractivity contribution in [3.05, 3.63) is 72.9 Å². The third-order valence-corrected chi connectivity index (χ3v) is 13.7. The Bertz CT molecular complexity index is 1270. The molecule has 0 aromatic carbocycles. The summed E-state index contributed by atoms with van der Waals surface area (Å²) in [5, 5.41) is 0. The minimum atomic E-state index is -0.546. The molecule has 0 fully saturated rings. The molecule has 0 heterocycles. The van der Waals surface area contributed by atoms with Crippen molar-refractivity contribution >= 4 is 11.9 Å². The summed E-state index contributed by atoms with van der Waals surface area (Å²) in [6.07, 6.45) is 82.2. The first-order chi connectivity index (χ1) is 35.6. The normalized spacial score (nSPS) is 12.7. The van der Waals surface area contributed by atoms with E-state index < -0.39 is 6.10 Å². The molecule has 0 radical (unpaired) electrons. The van der Waals surface area contributed by atoms with E-state index in [1.54, 1.807) is 0 Å². The Morgan fingerprint density at radius 2 is 0.625 bits per heavy atom. The number of unbranched alkanes of at least 4 members (excludes halogenated alkanes) is 35. The zero-order valence-corrected chi connectivity index (χ0v) is 48.2. The summed E-state index contributed by atoms with van der Waals surface area (Å²) >= 11 is 0. The zero-order chi connectivity index (χ0) is 52.0. The van der Waals surface area contributed by atoms with Gasteiger partial charge in [0.1, 0.15) is 6.61 Å². The fraction of sp³-hybridized carbons (Fsp3) is 0.791. The zero-order valence-electron chi connectivity index (χ0n) is 48.2. The Labute approximate surface area is 448 Å². The van der Waals surface area contributed by atoms with Crippen LogP contribution >= 0.6 is 0 Å². The number of esters is 2. The van der Waals surface area contributed by atoms with Crippen LogP contribution in [-0.2, 0) is 23.8 Å². The fourth-order valence-corrected chi connectivity index (χ4v) is 9.06. The van der Waals surface area contributed by atoms with Gasteiger partial charge in [-0.05, 0) is 89.9 Å². The van der Waals surface area contributed by atoms with E-state index in [9.17, 15) is 9.59 Å². The summed E-state index contributed by atoms with van der Waals surface area (Å²) in [4.78, 5) is 25.6. The molecular formula is C67H120O5. The summed E-state index contributed by atoms with van der Waals surface area (Å²) in [5.74, 6) is -0.393. The van der Waals surface area contributed by atoms with Crippen LogP contribution in [0.2, 0.25) is 0 Å². The average Bonchev–Trinajstić information content (AvgIpc) is 3.38. The predicted octanol–water partition coefficient (Wildman–Crippen LogP) is 21.8. The van der Waals surface area contributed by atoms with E-state index in [1.807, 2.05) is 0 Å². The van der Waals surface area contributed by atoms with Gasteiger partial charge in [-0.15, -0.1) is 0 Å². The van der Waals surface area contributed by atoms with E-state index in [2.05, 4.69) is 93.7 Å². The third-order valence-electron chi connectivity index (χ3n) is 13.7. The van der Waals surface area contributed by atoms with E-state index in [4.69, 9.17) is 14.2 Å². The summed E-state index contributed by atoms with van der Waals surface area (Å²) in [5.41, 5.74) is 0. The van der Waals surface area contributed by atoms with Crippen LogP contribution in [0.25, 0.3) is 0 Å². The molecule has 0 aliphatic carbocycles. The minimum absolute atomic E-state index is 0.0799. The summed E-state index contributed by atoms with van der Waals surface area (Å²) in [6.45, 7) is 7.72. The minimum Gasteiger partial charge on any atom is -0.462 e. The van der Waals surface area contributed by atoms with Crippen LogP contribution in [-0.4, -0.2) is 37.9 Å². The lowest BCUT2D eigenvalue weighted by Gasteiger charge is -2.18. The van der Waals surface area contributed by atoms with Gasteiger partial charge in [-0.2, -0.15) is 0 Å². The third kappa shape index (κ3) is 59.9. The number of allylic oxidation sites excluding steroid dienone is 12. The first-order valence-electron chi connectivity index (χ1n) is 31.5. The molecule has 0 saturated heterocycles. The number of hydrogen-bond donors (Lipinski definition) is 0. The Hall–Kier alpha value is -2.66. The van der Waals surface area contributed by atoms with Crippen molar-refractivity contribution in [2.24, 2.45) is 0 Å². The van der Waals surface area contributed by atoms with Crippen LogP contribution in [0.4, 0.5) is 0 Å². The number of carbonyl (C=O) groups is 2. The SMILES string of the molecule is CC/C=C\C/C=C\C/C=C\C/C=C\CCCCCCCCCOCC(COC(=O)CCCCCCCCCCC/C=C\C/C=C\CCCCC)OC(=O)CCCCCCCCCCCCCCCCCCC. The van der Waals surface area contributed by atoms with Gasteiger partial charge in [0.2, 0.25) is 0 Å². The maximum absolute atomic E-state index is 12.9. The van der Waals surface area contributed by atoms with Crippen molar-refractivity contribution in [1.82, 2.24) is 0 Å². The lowest BCUT2D eigenvalue weighted by atomic mass is 10.0. The lowest BCUT2D eigenvalue weighted by molar-refractivity contribution is -0.163. The molecule has 72 heavy (non-hydrogen) atoms. The maximum Gasteiger partial charge on any atom is 0.306 e. The maximum atomic E-state index is 12.9. The first-order valence-corrected chi connectivity index (χ1v) is 31.5. The molecule has 0 aromatic rings. The van der Waals surface area contributed by atoms with Gasteiger partial charge >= 0.3 is 11.9 Å². The summed E-state index contributed by atoms with van der Waals surface area (Å²) in [6, 6.07) is 0. The van der Waals surface area contributed by atoms with E-state index in [1.165, 1.54) is 212 Å². The highest BCUT2D eigenvalue weighted by atomic mass is 16.6. The van der Waals surface area contributed by atoms with E-state index in [-0.39, 0.29) is 25.2 Å². The molecule has 1 unspecified atom stereocenters. The molecule has 1 atom stereocenters. The van der Waals surface area contributed by atoms with Crippen LogP contribution < -0.4 is 0 Å². The second-order valence-electron chi connectivity index (χ2n) is 20.9. The van der Waals surface area contributed by atoms with E-state index >= 15 is 0 Å². The standard InChI is InChI=1S/C67H120O5/c1-4-7-10-13-16-19-22-25-28-31-33-35-38-41-44-47-50-53-56-59-62-70-63-65(72-67(69)61-58-55-52-49-46-43-40-36-30-27-24-21-18-15-12-9-6-3)64-71-66(68)60-57-54-51-48-45-42-39-37-34-32-29-26-23-20-17-14-11-8-5-2/h7,10,16-17,19-20,25-26,28-29,33,35,65H,4-6,8-9,11-15,18,21-24,27,30-32,34,36-64H2,1-3H3/b10-7-,19-16-,20-17-,28-25-,29-26-,35-33-. The van der Waals surface area contributed by atoms with Crippen molar-refractivity contribution in [2.45, 2.75) is 322 Å².